The maximum absolute atomic E-state index is 13.0. The molecule has 0 saturated carbocycles. The van der Waals surface area contributed by atoms with Crippen LogP contribution in [0, 0.1) is 0 Å². The average Bonchev–Trinajstić information content (AvgIpc) is 3.26. The Morgan fingerprint density at radius 3 is 2.80 bits per heavy atom. The van der Waals surface area contributed by atoms with Crippen LogP contribution < -0.4 is 10.6 Å². The summed E-state index contributed by atoms with van der Waals surface area (Å²) in [5.41, 5.74) is 4.08. The lowest BCUT2D eigenvalue weighted by atomic mass is 9.85. The molecule has 0 saturated heterocycles. The van der Waals surface area contributed by atoms with Gasteiger partial charge >= 0.3 is 5.97 Å². The lowest BCUT2D eigenvalue weighted by molar-refractivity contribution is -0.137. The van der Waals surface area contributed by atoms with Crippen LogP contribution in [0.15, 0.2) is 47.2 Å². The Balaban J connectivity index is 1.51. The quantitative estimate of drug-likeness (QED) is 0.401. The number of anilines is 1. The summed E-state index contributed by atoms with van der Waals surface area (Å²) in [7, 11) is 0. The number of hydrogen-bond donors (Lipinski definition) is 3. The minimum absolute atomic E-state index is 0.127. The van der Waals surface area contributed by atoms with E-state index >= 15 is 0 Å². The van der Waals surface area contributed by atoms with Crippen molar-refractivity contribution in [2.75, 3.05) is 11.9 Å². The van der Waals surface area contributed by atoms with Gasteiger partial charge in [0.15, 0.2) is 0 Å². The Bertz CT molecular complexity index is 1250. The molecule has 3 heterocycles. The molecule has 0 fully saturated rings. The molecule has 0 spiro atoms. The van der Waals surface area contributed by atoms with E-state index in [4.69, 9.17) is 0 Å². The van der Waals surface area contributed by atoms with Crippen LogP contribution in [0.3, 0.4) is 0 Å². The highest BCUT2D eigenvalue weighted by molar-refractivity contribution is 9.10. The Hall–Kier alpha value is -3.20. The Morgan fingerprint density at radius 1 is 1.26 bits per heavy atom. The van der Waals surface area contributed by atoms with E-state index in [9.17, 15) is 14.7 Å². The largest absolute Gasteiger partial charge is 0.481 e. The number of halogens is 1. The van der Waals surface area contributed by atoms with Gasteiger partial charge in [0.25, 0.3) is 5.91 Å². The summed E-state index contributed by atoms with van der Waals surface area (Å²) in [6.07, 6.45) is 5.04. The second-order valence-corrected chi connectivity index (χ2v) is 10.8. The maximum Gasteiger partial charge on any atom is 0.305 e. The molecule has 1 aliphatic heterocycles. The van der Waals surface area contributed by atoms with Crippen molar-refractivity contribution in [2.24, 2.45) is 0 Å². The monoisotopic (exact) mass is 539 g/mol. The third-order valence-corrected chi connectivity index (χ3v) is 6.50. The first-order valence-electron chi connectivity index (χ1n) is 11.7. The number of hydrogen-bond acceptors (Lipinski definition) is 5. The molecule has 0 bridgehead atoms. The number of nitrogens with one attached hydrogen (secondary N) is 2. The number of rotatable bonds is 7. The SMILES string of the molecule is CC(C)(C)c1cc(Br)cc(C(CC(=O)O)NC(=O)c2cnn(Cc3ccc4c(n3)NCCC4)c2)c1. The van der Waals surface area contributed by atoms with E-state index in [1.165, 1.54) is 11.8 Å². The molecule has 184 valence electrons. The predicted octanol–water partition coefficient (Wildman–Crippen LogP) is 4.69. The van der Waals surface area contributed by atoms with Crippen molar-refractivity contribution in [3.8, 4) is 0 Å². The summed E-state index contributed by atoms with van der Waals surface area (Å²) >= 11 is 3.53. The molecule has 2 aromatic heterocycles. The van der Waals surface area contributed by atoms with Crippen molar-refractivity contribution in [2.45, 2.75) is 58.0 Å². The zero-order valence-corrected chi connectivity index (χ0v) is 21.7. The minimum Gasteiger partial charge on any atom is -0.481 e. The molecule has 1 amide bonds. The molecular formula is C26H30BrN5O3. The van der Waals surface area contributed by atoms with E-state index in [1.54, 1.807) is 10.9 Å². The topological polar surface area (TPSA) is 109 Å². The number of fused-ring (bicyclic) bond motifs is 1. The number of nitrogens with zero attached hydrogens (tertiary/aromatic N) is 3. The lowest BCUT2D eigenvalue weighted by Crippen LogP contribution is -2.30. The Kier molecular flexibility index (Phi) is 7.25. The van der Waals surface area contributed by atoms with Gasteiger partial charge in [-0.2, -0.15) is 5.10 Å². The van der Waals surface area contributed by atoms with Gasteiger partial charge in [0.2, 0.25) is 0 Å². The fourth-order valence-corrected chi connectivity index (χ4v) is 4.62. The third-order valence-electron chi connectivity index (χ3n) is 6.04. The van der Waals surface area contributed by atoms with Crippen molar-refractivity contribution in [3.63, 3.8) is 0 Å². The average molecular weight is 540 g/mol. The maximum atomic E-state index is 13.0. The van der Waals surface area contributed by atoms with E-state index in [2.05, 4.69) is 63.5 Å². The number of benzene rings is 1. The number of carbonyl (C=O) groups excluding carboxylic acids is 1. The van der Waals surface area contributed by atoms with Gasteiger partial charge in [-0.25, -0.2) is 4.98 Å². The summed E-state index contributed by atoms with van der Waals surface area (Å²) in [5, 5.41) is 20.0. The summed E-state index contributed by atoms with van der Waals surface area (Å²) in [6, 6.07) is 9.20. The highest BCUT2D eigenvalue weighted by Crippen LogP contribution is 2.30. The summed E-state index contributed by atoms with van der Waals surface area (Å²) in [5.74, 6) is -0.450. The normalized spacial score (nSPS) is 14.1. The number of aryl methyl sites for hydroxylation is 1. The smallest absolute Gasteiger partial charge is 0.305 e. The Labute approximate surface area is 213 Å². The van der Waals surface area contributed by atoms with Crippen LogP contribution in [-0.4, -0.2) is 38.3 Å². The van der Waals surface area contributed by atoms with Gasteiger partial charge in [-0.05, 0) is 53.1 Å². The number of pyridine rings is 1. The fraction of sp³-hybridized carbons (Fsp3) is 0.385. The number of carbonyl (C=O) groups is 2. The van der Waals surface area contributed by atoms with Gasteiger partial charge in [0, 0.05) is 17.2 Å². The van der Waals surface area contributed by atoms with E-state index in [0.29, 0.717) is 12.1 Å². The number of amides is 1. The highest BCUT2D eigenvalue weighted by atomic mass is 79.9. The van der Waals surface area contributed by atoms with Gasteiger partial charge in [-0.1, -0.05) is 48.8 Å². The van der Waals surface area contributed by atoms with Crippen LogP contribution in [0.1, 0.15) is 72.4 Å². The number of aromatic nitrogens is 3. The molecule has 1 unspecified atom stereocenters. The van der Waals surface area contributed by atoms with Crippen LogP contribution in [0.5, 0.6) is 0 Å². The second-order valence-electron chi connectivity index (χ2n) is 9.91. The minimum atomic E-state index is -0.990. The van der Waals surface area contributed by atoms with Crippen molar-refractivity contribution in [1.29, 1.82) is 0 Å². The molecule has 9 heteroatoms. The molecule has 3 aromatic rings. The molecule has 1 atom stereocenters. The van der Waals surface area contributed by atoms with Crippen LogP contribution in [0.25, 0.3) is 0 Å². The van der Waals surface area contributed by atoms with Crippen LogP contribution in [0.2, 0.25) is 0 Å². The fourth-order valence-electron chi connectivity index (χ4n) is 4.11. The van der Waals surface area contributed by atoms with Crippen molar-refractivity contribution in [3.05, 3.63) is 75.1 Å². The molecule has 1 aliphatic rings. The summed E-state index contributed by atoms with van der Waals surface area (Å²) in [6.45, 7) is 7.62. The van der Waals surface area contributed by atoms with E-state index < -0.39 is 12.0 Å². The van der Waals surface area contributed by atoms with Crippen LogP contribution >= 0.6 is 15.9 Å². The zero-order valence-electron chi connectivity index (χ0n) is 20.1. The molecule has 8 nitrogen and oxygen atoms in total. The highest BCUT2D eigenvalue weighted by Gasteiger charge is 2.23. The summed E-state index contributed by atoms with van der Waals surface area (Å²) < 4.78 is 2.50. The molecule has 1 aromatic carbocycles. The first-order chi connectivity index (χ1) is 16.6. The Morgan fingerprint density at radius 2 is 2.06 bits per heavy atom. The second kappa shape index (κ2) is 10.2. The van der Waals surface area contributed by atoms with Gasteiger partial charge in [0.1, 0.15) is 5.82 Å². The lowest BCUT2D eigenvalue weighted by Gasteiger charge is -2.23. The predicted molar refractivity (Wildman–Crippen MR) is 138 cm³/mol. The van der Waals surface area contributed by atoms with Crippen LogP contribution in [-0.2, 0) is 23.2 Å². The molecule has 0 radical (unpaired) electrons. The standard InChI is InChI=1S/C26H30BrN5O3/c1-26(2,3)19-9-17(10-20(27)11-19)22(12-23(33)34)31-25(35)18-13-29-32(14-18)15-21-7-6-16-5-4-8-28-24(16)30-21/h6-7,9-11,13-14,22H,4-5,8,12,15H2,1-3H3,(H,28,30)(H,31,35)(H,33,34). The van der Waals surface area contributed by atoms with E-state index in [-0.39, 0.29) is 17.7 Å². The van der Waals surface area contributed by atoms with E-state index in [1.807, 2.05) is 24.3 Å². The first kappa shape index (κ1) is 24.9. The van der Waals surface area contributed by atoms with Gasteiger partial charge in [0.05, 0.1) is 36.5 Å². The number of aliphatic carboxylic acids is 1. The van der Waals surface area contributed by atoms with Gasteiger partial charge in [-0.15, -0.1) is 0 Å². The third kappa shape index (κ3) is 6.28. The number of carboxylic acids is 1. The number of carboxylic acid groups (broad SMARTS) is 1. The van der Waals surface area contributed by atoms with Crippen molar-refractivity contribution < 1.29 is 14.7 Å². The molecular weight excluding hydrogens is 510 g/mol. The molecule has 35 heavy (non-hydrogen) atoms. The molecule has 0 aliphatic carbocycles. The molecule has 3 N–H and O–H groups in total. The van der Waals surface area contributed by atoms with Gasteiger partial charge in [-0.3, -0.25) is 14.3 Å². The first-order valence-corrected chi connectivity index (χ1v) is 12.5. The molecule has 4 rings (SSSR count). The van der Waals surface area contributed by atoms with Gasteiger partial charge < -0.3 is 15.7 Å². The van der Waals surface area contributed by atoms with Crippen molar-refractivity contribution >= 4 is 33.6 Å². The zero-order chi connectivity index (χ0) is 25.2. The van der Waals surface area contributed by atoms with Crippen LogP contribution in [0.4, 0.5) is 5.82 Å². The van der Waals surface area contributed by atoms with E-state index in [0.717, 1.165) is 46.5 Å². The van der Waals surface area contributed by atoms with Crippen molar-refractivity contribution in [1.82, 2.24) is 20.1 Å². The summed E-state index contributed by atoms with van der Waals surface area (Å²) in [4.78, 5) is 29.3.